The summed E-state index contributed by atoms with van der Waals surface area (Å²) in [5.74, 6) is -0.162. The smallest absolute Gasteiger partial charge is 0.245 e. The van der Waals surface area contributed by atoms with Crippen LogP contribution in [0.2, 0.25) is 10.0 Å². The number of rotatable bonds is 8. The molecule has 6 nitrogen and oxygen atoms in total. The molecule has 1 atom stereocenters. The summed E-state index contributed by atoms with van der Waals surface area (Å²) in [5, 5.41) is 8.48. The van der Waals surface area contributed by atoms with Gasteiger partial charge in [0.05, 0.1) is 33.9 Å². The third kappa shape index (κ3) is 6.44. The number of carbonyl (C=O) groups excluding carboxylic acids is 2. The highest BCUT2D eigenvalue weighted by Crippen LogP contribution is 2.29. The Kier molecular flexibility index (Phi) is 8.62. The third-order valence-electron chi connectivity index (χ3n) is 5.83. The molecule has 0 bridgehead atoms. The fraction of sp³-hybridized carbons (Fsp3) is 0.370. The zero-order valence-electron chi connectivity index (χ0n) is 20.8. The number of hydrogen-bond donors (Lipinski definition) is 1. The normalized spacial score (nSPS) is 12.3. The van der Waals surface area contributed by atoms with E-state index in [0.29, 0.717) is 34.5 Å². The molecule has 1 unspecified atom stereocenters. The molecule has 8 heteroatoms. The zero-order valence-corrected chi connectivity index (χ0v) is 22.3. The molecule has 2 amide bonds. The van der Waals surface area contributed by atoms with E-state index in [1.165, 1.54) is 0 Å². The molecule has 0 aliphatic rings. The number of benzene rings is 2. The Balaban J connectivity index is 1.84. The minimum atomic E-state index is -0.301. The van der Waals surface area contributed by atoms with E-state index in [1.54, 1.807) is 27.8 Å². The highest BCUT2D eigenvalue weighted by atomic mass is 35.5. The van der Waals surface area contributed by atoms with Crippen LogP contribution in [0.1, 0.15) is 58.2 Å². The number of halogens is 2. The molecule has 0 saturated heterocycles. The summed E-state index contributed by atoms with van der Waals surface area (Å²) >= 11 is 12.3. The Labute approximate surface area is 217 Å². The maximum atomic E-state index is 13.3. The van der Waals surface area contributed by atoms with E-state index in [4.69, 9.17) is 28.3 Å². The summed E-state index contributed by atoms with van der Waals surface area (Å²) < 4.78 is 1.64. The lowest BCUT2D eigenvalue weighted by Gasteiger charge is -2.25. The molecular weight excluding hydrogens is 483 g/mol. The number of anilines is 1. The molecule has 186 valence electrons. The van der Waals surface area contributed by atoms with Crippen molar-refractivity contribution in [3.63, 3.8) is 0 Å². The van der Waals surface area contributed by atoms with Crippen LogP contribution in [0.15, 0.2) is 54.6 Å². The number of amides is 2. The fourth-order valence-electron chi connectivity index (χ4n) is 3.81. The van der Waals surface area contributed by atoms with Crippen LogP contribution < -0.4 is 5.32 Å². The van der Waals surface area contributed by atoms with Crippen molar-refractivity contribution in [3.8, 4) is 5.69 Å². The van der Waals surface area contributed by atoms with E-state index in [1.807, 2.05) is 71.0 Å². The molecule has 0 radical (unpaired) electrons. The van der Waals surface area contributed by atoms with Gasteiger partial charge in [-0.15, -0.1) is 0 Å². The molecule has 0 aliphatic heterocycles. The summed E-state index contributed by atoms with van der Waals surface area (Å²) in [4.78, 5) is 28.0. The molecule has 35 heavy (non-hydrogen) atoms. The van der Waals surface area contributed by atoms with Crippen molar-refractivity contribution in [2.45, 2.75) is 52.4 Å². The molecule has 0 fully saturated rings. The summed E-state index contributed by atoms with van der Waals surface area (Å²) in [5.41, 5.74) is 2.18. The van der Waals surface area contributed by atoms with Gasteiger partial charge in [-0.3, -0.25) is 9.59 Å². The summed E-state index contributed by atoms with van der Waals surface area (Å²) in [7, 11) is 0. The van der Waals surface area contributed by atoms with Crippen molar-refractivity contribution >= 4 is 40.8 Å². The molecule has 1 N–H and O–H groups in total. The number of nitrogens with one attached hydrogen (secondary N) is 1. The van der Waals surface area contributed by atoms with Gasteiger partial charge in [0.1, 0.15) is 5.82 Å². The van der Waals surface area contributed by atoms with Gasteiger partial charge in [-0.25, -0.2) is 4.68 Å². The second kappa shape index (κ2) is 11.3. The Morgan fingerprint density at radius 2 is 1.71 bits per heavy atom. The first-order chi connectivity index (χ1) is 16.5. The number of hydrogen-bond acceptors (Lipinski definition) is 3. The summed E-state index contributed by atoms with van der Waals surface area (Å²) in [6.07, 6.45) is 0.653. The van der Waals surface area contributed by atoms with Crippen LogP contribution in [0, 0.1) is 0 Å². The van der Waals surface area contributed by atoms with E-state index in [-0.39, 0.29) is 29.7 Å². The van der Waals surface area contributed by atoms with Crippen LogP contribution in [-0.2, 0) is 15.0 Å². The number of nitrogens with zero attached hydrogens (tertiary/aromatic N) is 3. The van der Waals surface area contributed by atoms with Crippen LogP contribution in [0.25, 0.3) is 5.69 Å². The van der Waals surface area contributed by atoms with Crippen molar-refractivity contribution in [1.29, 1.82) is 0 Å². The average Bonchev–Trinajstić information content (AvgIpc) is 3.24. The number of likely N-dealkylation sites (N-methyl/N-ethyl adjacent to an activating group) is 1. The van der Waals surface area contributed by atoms with Crippen molar-refractivity contribution in [2.75, 3.05) is 18.4 Å². The van der Waals surface area contributed by atoms with Gasteiger partial charge in [-0.05, 0) is 37.1 Å². The lowest BCUT2D eigenvalue weighted by Crippen LogP contribution is -2.40. The minimum absolute atomic E-state index is 0.0595. The Hall–Kier alpha value is -2.83. The minimum Gasteiger partial charge on any atom is -0.333 e. The predicted octanol–water partition coefficient (Wildman–Crippen LogP) is 6.46. The second-order valence-electron chi connectivity index (χ2n) is 9.45. The van der Waals surface area contributed by atoms with Crippen LogP contribution >= 0.6 is 23.2 Å². The molecule has 1 heterocycles. The van der Waals surface area contributed by atoms with E-state index < -0.39 is 0 Å². The topological polar surface area (TPSA) is 67.2 Å². The van der Waals surface area contributed by atoms with Crippen LogP contribution in [-0.4, -0.2) is 39.6 Å². The molecule has 3 rings (SSSR count). The van der Waals surface area contributed by atoms with Gasteiger partial charge in [0.15, 0.2) is 0 Å². The second-order valence-corrected chi connectivity index (χ2v) is 10.3. The van der Waals surface area contributed by atoms with Gasteiger partial charge in [-0.1, -0.05) is 81.2 Å². The van der Waals surface area contributed by atoms with Gasteiger partial charge in [-0.2, -0.15) is 5.10 Å². The molecule has 3 aromatic rings. The van der Waals surface area contributed by atoms with E-state index in [9.17, 15) is 9.59 Å². The Bertz CT molecular complexity index is 1190. The fourth-order valence-corrected chi connectivity index (χ4v) is 4.10. The third-order valence-corrected chi connectivity index (χ3v) is 6.57. The van der Waals surface area contributed by atoms with Crippen molar-refractivity contribution in [2.24, 2.45) is 0 Å². The largest absolute Gasteiger partial charge is 0.333 e. The van der Waals surface area contributed by atoms with Gasteiger partial charge >= 0.3 is 0 Å². The van der Waals surface area contributed by atoms with Crippen LogP contribution in [0.4, 0.5) is 5.82 Å². The Morgan fingerprint density at radius 3 is 2.29 bits per heavy atom. The van der Waals surface area contributed by atoms with Crippen molar-refractivity contribution in [3.05, 3.63) is 75.9 Å². The molecule has 0 saturated carbocycles. The van der Waals surface area contributed by atoms with Gasteiger partial charge in [0.2, 0.25) is 11.8 Å². The predicted molar refractivity (Wildman–Crippen MR) is 143 cm³/mol. The maximum Gasteiger partial charge on any atom is 0.245 e. The number of carbonyl (C=O) groups is 2. The quantitative estimate of drug-likeness (QED) is 0.375. The molecular formula is C27H32Cl2N4O2. The highest BCUT2D eigenvalue weighted by Gasteiger charge is 2.26. The van der Waals surface area contributed by atoms with E-state index in [0.717, 1.165) is 11.3 Å². The molecule has 0 aliphatic carbocycles. The Morgan fingerprint density at radius 1 is 1.03 bits per heavy atom. The van der Waals surface area contributed by atoms with Crippen LogP contribution in [0.5, 0.6) is 0 Å². The maximum absolute atomic E-state index is 13.3. The van der Waals surface area contributed by atoms with Gasteiger partial charge in [0, 0.05) is 18.0 Å². The summed E-state index contributed by atoms with van der Waals surface area (Å²) in [6.45, 7) is 10.4. The lowest BCUT2D eigenvalue weighted by atomic mass is 9.92. The first-order valence-electron chi connectivity index (χ1n) is 11.7. The van der Waals surface area contributed by atoms with E-state index >= 15 is 0 Å². The van der Waals surface area contributed by atoms with Gasteiger partial charge < -0.3 is 10.2 Å². The number of aromatic nitrogens is 2. The van der Waals surface area contributed by atoms with Crippen LogP contribution in [0.3, 0.4) is 0 Å². The van der Waals surface area contributed by atoms with Gasteiger partial charge in [0.25, 0.3) is 0 Å². The first kappa shape index (κ1) is 26.8. The molecule has 2 aromatic carbocycles. The van der Waals surface area contributed by atoms with E-state index in [2.05, 4.69) is 5.32 Å². The standard InChI is InChI=1S/C27H32Cl2N4O2/c1-6-20(18-11-9-8-10-12-18)26(35)32(7-2)17-25(34)30-24-16-23(27(3,4)5)31-33(24)19-13-14-21(28)22(29)15-19/h8-16,20H,6-7,17H2,1-5H3,(H,30,34). The summed E-state index contributed by atoms with van der Waals surface area (Å²) in [6, 6.07) is 16.7. The van der Waals surface area contributed by atoms with Crippen molar-refractivity contribution < 1.29 is 9.59 Å². The SMILES string of the molecule is CCC(C(=O)N(CC)CC(=O)Nc1cc(C(C)(C)C)nn1-c1ccc(Cl)c(Cl)c1)c1ccccc1. The molecule has 0 spiro atoms. The average molecular weight is 515 g/mol. The first-order valence-corrected chi connectivity index (χ1v) is 12.5. The van der Waals surface area contributed by atoms with Crippen molar-refractivity contribution in [1.82, 2.24) is 14.7 Å². The lowest BCUT2D eigenvalue weighted by molar-refractivity contribution is -0.135. The zero-order chi connectivity index (χ0) is 25.8. The highest BCUT2D eigenvalue weighted by molar-refractivity contribution is 6.42. The molecule has 1 aromatic heterocycles. The monoisotopic (exact) mass is 514 g/mol.